The minimum Gasteiger partial charge on any atom is -0.405 e. The molecule has 0 aromatic heterocycles. The van der Waals surface area contributed by atoms with E-state index in [0.29, 0.717) is 0 Å². The Morgan fingerprint density at radius 3 is 2.78 bits per heavy atom. The quantitative estimate of drug-likeness (QED) is 0.580. The summed E-state index contributed by atoms with van der Waals surface area (Å²) in [7, 11) is 0. The van der Waals surface area contributed by atoms with Gasteiger partial charge in [0.15, 0.2) is 0 Å². The van der Waals surface area contributed by atoms with Crippen molar-refractivity contribution in [3.8, 4) is 0 Å². The van der Waals surface area contributed by atoms with Crippen molar-refractivity contribution >= 4 is 5.57 Å². The van der Waals surface area contributed by atoms with Gasteiger partial charge in [-0.1, -0.05) is 42.5 Å². The topological polar surface area (TPSA) is 26.0 Å². The first-order valence-electron chi connectivity index (χ1n) is 6.44. The summed E-state index contributed by atoms with van der Waals surface area (Å²) in [6.07, 6.45) is 10.9. The summed E-state index contributed by atoms with van der Waals surface area (Å²) in [5.74, 6) is 0. The van der Waals surface area contributed by atoms with Gasteiger partial charge in [-0.05, 0) is 62.1 Å². The number of aryl methyl sites for hydroxylation is 2. The molecule has 1 heteroatoms. The SMILES string of the molecule is C=C(C)c1c(C)cccc1CCC/C=C\C=C/N. The lowest BCUT2D eigenvalue weighted by Gasteiger charge is -2.12. The van der Waals surface area contributed by atoms with Gasteiger partial charge in [0.2, 0.25) is 0 Å². The van der Waals surface area contributed by atoms with Crippen LogP contribution in [-0.4, -0.2) is 0 Å². The Bertz CT molecular complexity index is 453. The maximum absolute atomic E-state index is 5.26. The van der Waals surface area contributed by atoms with Gasteiger partial charge in [-0.3, -0.25) is 0 Å². The molecule has 0 saturated carbocycles. The molecule has 0 aliphatic carbocycles. The summed E-state index contributed by atoms with van der Waals surface area (Å²) in [6.45, 7) is 8.31. The minimum absolute atomic E-state index is 1.08. The standard InChI is InChI=1S/C17H23N/c1-14(2)17-15(3)10-9-12-16(17)11-7-5-4-6-8-13-18/h4,6,8-10,12-13H,1,5,7,11,18H2,2-3H3/b6-4-,13-8-. The van der Waals surface area contributed by atoms with E-state index in [9.17, 15) is 0 Å². The fourth-order valence-electron chi connectivity index (χ4n) is 2.20. The van der Waals surface area contributed by atoms with E-state index in [1.807, 2.05) is 12.2 Å². The van der Waals surface area contributed by atoms with Gasteiger partial charge in [0.05, 0.1) is 0 Å². The molecular weight excluding hydrogens is 218 g/mol. The number of hydrogen-bond donors (Lipinski definition) is 1. The van der Waals surface area contributed by atoms with Crippen LogP contribution in [0.15, 0.2) is 49.2 Å². The highest BCUT2D eigenvalue weighted by Crippen LogP contribution is 2.23. The summed E-state index contributed by atoms with van der Waals surface area (Å²) in [6, 6.07) is 6.49. The highest BCUT2D eigenvalue weighted by atomic mass is 14.5. The smallest absolute Gasteiger partial charge is 0.00625 e. The summed E-state index contributed by atoms with van der Waals surface area (Å²) < 4.78 is 0. The molecular formula is C17H23N. The molecule has 2 N–H and O–H groups in total. The van der Waals surface area contributed by atoms with Crippen LogP contribution in [0.25, 0.3) is 5.57 Å². The molecule has 1 aromatic carbocycles. The van der Waals surface area contributed by atoms with Crippen LogP contribution < -0.4 is 5.73 Å². The Morgan fingerprint density at radius 1 is 1.33 bits per heavy atom. The van der Waals surface area contributed by atoms with Crippen LogP contribution in [0.4, 0.5) is 0 Å². The largest absolute Gasteiger partial charge is 0.405 e. The van der Waals surface area contributed by atoms with Crippen LogP contribution in [0.1, 0.15) is 36.5 Å². The molecule has 1 aromatic rings. The van der Waals surface area contributed by atoms with Gasteiger partial charge < -0.3 is 5.73 Å². The average Bonchev–Trinajstić information content (AvgIpc) is 2.33. The molecule has 0 heterocycles. The maximum atomic E-state index is 5.26. The van der Waals surface area contributed by atoms with Crippen molar-refractivity contribution < 1.29 is 0 Å². The first-order valence-corrected chi connectivity index (χ1v) is 6.44. The van der Waals surface area contributed by atoms with E-state index in [1.54, 1.807) is 6.20 Å². The fourth-order valence-corrected chi connectivity index (χ4v) is 2.20. The third kappa shape index (κ3) is 4.25. The zero-order chi connectivity index (χ0) is 13.4. The molecule has 18 heavy (non-hydrogen) atoms. The molecule has 0 aliphatic heterocycles. The number of rotatable bonds is 6. The van der Waals surface area contributed by atoms with Crippen LogP contribution in [0.5, 0.6) is 0 Å². The van der Waals surface area contributed by atoms with Crippen molar-refractivity contribution in [1.82, 2.24) is 0 Å². The Balaban J connectivity index is 2.62. The molecule has 0 amide bonds. The monoisotopic (exact) mass is 241 g/mol. The van der Waals surface area contributed by atoms with Gasteiger partial charge in [-0.2, -0.15) is 0 Å². The van der Waals surface area contributed by atoms with E-state index in [-0.39, 0.29) is 0 Å². The van der Waals surface area contributed by atoms with Crippen molar-refractivity contribution in [1.29, 1.82) is 0 Å². The first-order chi connectivity index (χ1) is 8.66. The van der Waals surface area contributed by atoms with Crippen molar-refractivity contribution in [2.75, 3.05) is 0 Å². The summed E-state index contributed by atoms with van der Waals surface area (Å²) in [5, 5.41) is 0. The third-order valence-electron chi connectivity index (χ3n) is 2.96. The number of benzene rings is 1. The Hall–Kier alpha value is -1.76. The molecule has 0 atom stereocenters. The zero-order valence-corrected chi connectivity index (χ0v) is 11.4. The number of allylic oxidation sites excluding steroid dienone is 4. The molecule has 1 nitrogen and oxygen atoms in total. The van der Waals surface area contributed by atoms with E-state index in [4.69, 9.17) is 5.73 Å². The molecule has 0 aliphatic rings. The van der Waals surface area contributed by atoms with E-state index in [2.05, 4.69) is 44.7 Å². The first kappa shape index (κ1) is 14.3. The van der Waals surface area contributed by atoms with Gasteiger partial charge in [0.1, 0.15) is 0 Å². The van der Waals surface area contributed by atoms with Crippen molar-refractivity contribution in [3.05, 3.63) is 65.9 Å². The van der Waals surface area contributed by atoms with Gasteiger partial charge in [-0.25, -0.2) is 0 Å². The van der Waals surface area contributed by atoms with Crippen LogP contribution in [0, 0.1) is 6.92 Å². The third-order valence-corrected chi connectivity index (χ3v) is 2.96. The summed E-state index contributed by atoms with van der Waals surface area (Å²) in [4.78, 5) is 0. The van der Waals surface area contributed by atoms with Gasteiger partial charge in [0.25, 0.3) is 0 Å². The summed E-state index contributed by atoms with van der Waals surface area (Å²) in [5.41, 5.74) is 10.5. The second-order valence-electron chi connectivity index (χ2n) is 4.59. The Kier molecular flexibility index (Phi) is 5.99. The Labute approximate surface area is 111 Å². The van der Waals surface area contributed by atoms with Gasteiger partial charge >= 0.3 is 0 Å². The highest BCUT2D eigenvalue weighted by Gasteiger charge is 2.05. The molecule has 0 unspecified atom stereocenters. The second-order valence-corrected chi connectivity index (χ2v) is 4.59. The number of nitrogens with two attached hydrogens (primary N) is 1. The predicted molar refractivity (Wildman–Crippen MR) is 81.3 cm³/mol. The van der Waals surface area contributed by atoms with Crippen LogP contribution in [0.2, 0.25) is 0 Å². The van der Waals surface area contributed by atoms with E-state index in [1.165, 1.54) is 16.7 Å². The lowest BCUT2D eigenvalue weighted by molar-refractivity contribution is 0.839. The lowest BCUT2D eigenvalue weighted by Crippen LogP contribution is -1.95. The maximum Gasteiger partial charge on any atom is -0.00625 e. The molecule has 0 radical (unpaired) electrons. The van der Waals surface area contributed by atoms with Crippen molar-refractivity contribution in [2.45, 2.75) is 33.1 Å². The van der Waals surface area contributed by atoms with Crippen LogP contribution >= 0.6 is 0 Å². The zero-order valence-electron chi connectivity index (χ0n) is 11.4. The minimum atomic E-state index is 1.08. The van der Waals surface area contributed by atoms with Crippen LogP contribution in [-0.2, 0) is 6.42 Å². The van der Waals surface area contributed by atoms with E-state index < -0.39 is 0 Å². The second kappa shape index (κ2) is 7.54. The van der Waals surface area contributed by atoms with Crippen molar-refractivity contribution in [2.24, 2.45) is 5.73 Å². The Morgan fingerprint density at radius 2 is 2.11 bits per heavy atom. The normalized spacial score (nSPS) is 11.4. The average molecular weight is 241 g/mol. The molecule has 0 bridgehead atoms. The van der Waals surface area contributed by atoms with E-state index >= 15 is 0 Å². The fraction of sp³-hybridized carbons (Fsp3) is 0.294. The van der Waals surface area contributed by atoms with Crippen molar-refractivity contribution in [3.63, 3.8) is 0 Å². The molecule has 0 fully saturated rings. The summed E-state index contributed by atoms with van der Waals surface area (Å²) >= 11 is 0. The molecule has 0 saturated heterocycles. The molecule has 1 rings (SSSR count). The highest BCUT2D eigenvalue weighted by molar-refractivity contribution is 5.67. The predicted octanol–water partition coefficient (Wildman–Crippen LogP) is 4.38. The number of hydrogen-bond acceptors (Lipinski definition) is 1. The van der Waals surface area contributed by atoms with E-state index in [0.717, 1.165) is 24.8 Å². The van der Waals surface area contributed by atoms with Gasteiger partial charge in [-0.15, -0.1) is 0 Å². The number of unbranched alkanes of at least 4 members (excludes halogenated alkanes) is 1. The lowest BCUT2D eigenvalue weighted by atomic mass is 9.93. The molecule has 0 spiro atoms. The van der Waals surface area contributed by atoms with Gasteiger partial charge in [0, 0.05) is 0 Å². The molecule has 96 valence electrons. The van der Waals surface area contributed by atoms with Crippen LogP contribution in [0.3, 0.4) is 0 Å².